The van der Waals surface area contributed by atoms with E-state index >= 15 is 0 Å². The van der Waals surface area contributed by atoms with Crippen molar-refractivity contribution in [3.05, 3.63) is 47.5 Å². The molecule has 0 amide bonds. The van der Waals surface area contributed by atoms with Crippen LogP contribution in [0.1, 0.15) is 22.3 Å². The van der Waals surface area contributed by atoms with Gasteiger partial charge in [0.1, 0.15) is 5.75 Å². The molecule has 1 aliphatic carbocycles. The summed E-state index contributed by atoms with van der Waals surface area (Å²) in [5.74, 6) is 0.375. The first-order chi connectivity index (χ1) is 7.75. The molecular formula is C14H10O2. The Bertz CT molecular complexity index is 624. The number of aromatic hydroxyl groups is 1. The zero-order valence-electron chi connectivity index (χ0n) is 8.60. The summed E-state index contributed by atoms with van der Waals surface area (Å²) in [5.41, 5.74) is 1.74. The van der Waals surface area contributed by atoms with Crippen LogP contribution in [0.15, 0.2) is 36.4 Å². The largest absolute Gasteiger partial charge is 0.508 e. The van der Waals surface area contributed by atoms with E-state index in [1.54, 1.807) is 18.2 Å². The van der Waals surface area contributed by atoms with Crippen LogP contribution in [0, 0.1) is 0 Å². The van der Waals surface area contributed by atoms with Crippen molar-refractivity contribution in [3.63, 3.8) is 0 Å². The van der Waals surface area contributed by atoms with Crippen molar-refractivity contribution in [2.24, 2.45) is 0 Å². The molecule has 2 nitrogen and oxygen atoms in total. The number of fused-ring (bicyclic) bond motifs is 3. The fraction of sp³-hybridized carbons (Fsp3) is 0.0714. The molecule has 1 aliphatic rings. The molecule has 0 saturated heterocycles. The third kappa shape index (κ3) is 1.23. The average molecular weight is 210 g/mol. The van der Waals surface area contributed by atoms with Crippen LogP contribution in [0.2, 0.25) is 0 Å². The molecule has 0 unspecified atom stereocenters. The Hall–Kier alpha value is -2.09. The van der Waals surface area contributed by atoms with Gasteiger partial charge in [-0.2, -0.15) is 0 Å². The van der Waals surface area contributed by atoms with Gasteiger partial charge in [-0.3, -0.25) is 4.79 Å². The van der Waals surface area contributed by atoms with Gasteiger partial charge >= 0.3 is 0 Å². The molecule has 0 bridgehead atoms. The van der Waals surface area contributed by atoms with Crippen molar-refractivity contribution in [2.75, 3.05) is 0 Å². The van der Waals surface area contributed by atoms with E-state index in [2.05, 4.69) is 0 Å². The van der Waals surface area contributed by atoms with Crippen molar-refractivity contribution in [1.82, 2.24) is 0 Å². The maximum Gasteiger partial charge on any atom is 0.167 e. The molecule has 1 N–H and O–H groups in total. The second kappa shape index (κ2) is 3.20. The lowest BCUT2D eigenvalue weighted by atomic mass is 9.91. The highest BCUT2D eigenvalue weighted by molar-refractivity contribution is 6.13. The maximum absolute atomic E-state index is 11.9. The molecular weight excluding hydrogens is 200 g/mol. The monoisotopic (exact) mass is 210 g/mol. The van der Waals surface area contributed by atoms with Crippen LogP contribution in [-0.4, -0.2) is 10.9 Å². The number of phenols is 1. The van der Waals surface area contributed by atoms with Gasteiger partial charge in [-0.25, -0.2) is 0 Å². The van der Waals surface area contributed by atoms with Gasteiger partial charge in [-0.15, -0.1) is 0 Å². The molecule has 0 heterocycles. The van der Waals surface area contributed by atoms with Gasteiger partial charge in [0.2, 0.25) is 0 Å². The van der Waals surface area contributed by atoms with Gasteiger partial charge in [0.15, 0.2) is 5.78 Å². The number of allylic oxidation sites excluding steroid dienone is 1. The van der Waals surface area contributed by atoms with E-state index < -0.39 is 0 Å². The Kier molecular flexibility index (Phi) is 1.83. The minimum atomic E-state index is 0.147. The van der Waals surface area contributed by atoms with Gasteiger partial charge in [0.25, 0.3) is 0 Å². The number of hydrogen-bond acceptors (Lipinski definition) is 2. The van der Waals surface area contributed by atoms with Crippen molar-refractivity contribution in [1.29, 1.82) is 0 Å². The smallest absolute Gasteiger partial charge is 0.167 e. The second-order valence-electron chi connectivity index (χ2n) is 3.96. The summed E-state index contributed by atoms with van der Waals surface area (Å²) in [6.45, 7) is 0. The van der Waals surface area contributed by atoms with Crippen LogP contribution in [0.4, 0.5) is 0 Å². The van der Waals surface area contributed by atoms with Crippen molar-refractivity contribution < 1.29 is 9.90 Å². The Labute approximate surface area is 92.8 Å². The molecule has 3 rings (SSSR count). The van der Waals surface area contributed by atoms with Crippen LogP contribution >= 0.6 is 0 Å². The Morgan fingerprint density at radius 2 is 2.00 bits per heavy atom. The van der Waals surface area contributed by atoms with Crippen molar-refractivity contribution >= 4 is 22.6 Å². The van der Waals surface area contributed by atoms with E-state index in [1.165, 1.54) is 0 Å². The highest BCUT2D eigenvalue weighted by Gasteiger charge is 2.16. The summed E-state index contributed by atoms with van der Waals surface area (Å²) in [5, 5.41) is 11.2. The zero-order valence-corrected chi connectivity index (χ0v) is 8.60. The Morgan fingerprint density at radius 3 is 2.88 bits per heavy atom. The van der Waals surface area contributed by atoms with Crippen LogP contribution in [0.5, 0.6) is 5.75 Å². The molecule has 2 aromatic carbocycles. The number of hydrogen-bond donors (Lipinski definition) is 1. The molecule has 16 heavy (non-hydrogen) atoms. The summed E-state index contributed by atoms with van der Waals surface area (Å²) in [4.78, 5) is 11.9. The van der Waals surface area contributed by atoms with E-state index in [4.69, 9.17) is 0 Å². The summed E-state index contributed by atoms with van der Waals surface area (Å²) in [6.07, 6.45) is 4.33. The Morgan fingerprint density at radius 1 is 1.12 bits per heavy atom. The van der Waals surface area contributed by atoms with Crippen LogP contribution < -0.4 is 0 Å². The predicted octanol–water partition coefficient (Wildman–Crippen LogP) is 3.15. The SMILES string of the molecule is O=C1CC=Cc2ccc3cc(O)ccc3c21. The molecule has 0 atom stereocenters. The number of carbonyl (C=O) groups excluding carboxylic acids is 1. The first-order valence-corrected chi connectivity index (χ1v) is 5.21. The third-order valence-electron chi connectivity index (χ3n) is 2.92. The minimum absolute atomic E-state index is 0.147. The summed E-state index contributed by atoms with van der Waals surface area (Å²) in [7, 11) is 0. The van der Waals surface area contributed by atoms with Gasteiger partial charge in [-0.1, -0.05) is 24.3 Å². The lowest BCUT2D eigenvalue weighted by molar-refractivity contribution is 0.0996. The minimum Gasteiger partial charge on any atom is -0.508 e. The number of Topliss-reactive ketones (excluding diaryl/α,β-unsaturated/α-hetero) is 1. The van der Waals surface area contributed by atoms with E-state index in [9.17, 15) is 9.90 Å². The lowest BCUT2D eigenvalue weighted by Crippen LogP contribution is -2.04. The summed E-state index contributed by atoms with van der Waals surface area (Å²) < 4.78 is 0. The summed E-state index contributed by atoms with van der Waals surface area (Å²) in [6, 6.07) is 8.96. The third-order valence-corrected chi connectivity index (χ3v) is 2.92. The van der Waals surface area contributed by atoms with Crippen LogP contribution in [0.3, 0.4) is 0 Å². The second-order valence-corrected chi connectivity index (χ2v) is 3.96. The molecule has 0 aromatic heterocycles. The lowest BCUT2D eigenvalue weighted by Gasteiger charge is -2.12. The number of rotatable bonds is 0. The Balaban J connectivity index is 2.43. The maximum atomic E-state index is 11.9. The number of ketones is 1. The molecule has 0 aliphatic heterocycles. The number of phenolic OH excluding ortho intramolecular Hbond substituents is 1. The quantitative estimate of drug-likeness (QED) is 0.725. The molecule has 0 fully saturated rings. The fourth-order valence-electron chi connectivity index (χ4n) is 2.18. The average Bonchev–Trinajstić information content (AvgIpc) is 2.29. The van der Waals surface area contributed by atoms with Gasteiger partial charge in [0.05, 0.1) is 0 Å². The highest BCUT2D eigenvalue weighted by Crippen LogP contribution is 2.29. The fourth-order valence-corrected chi connectivity index (χ4v) is 2.18. The molecule has 2 heteroatoms. The number of carbonyl (C=O) groups is 1. The molecule has 2 aromatic rings. The van der Waals surface area contributed by atoms with Crippen LogP contribution in [-0.2, 0) is 0 Å². The molecule has 0 radical (unpaired) electrons. The van der Waals surface area contributed by atoms with E-state index in [1.807, 2.05) is 24.3 Å². The number of benzene rings is 2. The first-order valence-electron chi connectivity index (χ1n) is 5.21. The van der Waals surface area contributed by atoms with E-state index in [0.717, 1.165) is 21.9 Å². The molecule has 78 valence electrons. The van der Waals surface area contributed by atoms with Gasteiger partial charge in [0, 0.05) is 12.0 Å². The van der Waals surface area contributed by atoms with E-state index in [0.29, 0.717) is 6.42 Å². The first kappa shape index (κ1) is 9.16. The van der Waals surface area contributed by atoms with Gasteiger partial charge < -0.3 is 5.11 Å². The van der Waals surface area contributed by atoms with E-state index in [-0.39, 0.29) is 11.5 Å². The van der Waals surface area contributed by atoms with Crippen molar-refractivity contribution in [3.8, 4) is 5.75 Å². The standard InChI is InChI=1S/C14H10O2/c15-11-6-7-12-10(8-11)5-4-9-2-1-3-13(16)14(9)12/h1-2,4-8,15H,3H2. The summed E-state index contributed by atoms with van der Waals surface area (Å²) >= 11 is 0. The van der Waals surface area contributed by atoms with Crippen LogP contribution in [0.25, 0.3) is 16.8 Å². The molecule has 0 saturated carbocycles. The van der Waals surface area contributed by atoms with Crippen molar-refractivity contribution in [2.45, 2.75) is 6.42 Å². The topological polar surface area (TPSA) is 37.3 Å². The normalized spacial score (nSPS) is 14.1. The highest BCUT2D eigenvalue weighted by atomic mass is 16.3. The van der Waals surface area contributed by atoms with Gasteiger partial charge in [-0.05, 0) is 34.5 Å². The predicted molar refractivity (Wildman–Crippen MR) is 63.6 cm³/mol. The zero-order chi connectivity index (χ0) is 11.1. The molecule has 0 spiro atoms.